The highest BCUT2D eigenvalue weighted by atomic mass is 32.2. The average molecular weight is 422 g/mol. The summed E-state index contributed by atoms with van der Waals surface area (Å²) in [5.74, 6) is 1.79. The Morgan fingerprint density at radius 1 is 1.34 bits per heavy atom. The number of carbonyl (C=O) groups excluding carboxylic acids is 1. The highest BCUT2D eigenvalue weighted by Crippen LogP contribution is 2.54. The lowest BCUT2D eigenvalue weighted by atomic mass is 10.1. The van der Waals surface area contributed by atoms with E-state index in [1.165, 1.54) is 28.7 Å². The van der Waals surface area contributed by atoms with Gasteiger partial charge in [-0.25, -0.2) is 0 Å². The number of nitrogens with one attached hydrogen (secondary N) is 1. The standard InChI is InChI=1S/C21H19N5OS2/c1-2-9-26-19(17-11-16(17)14-6-4-3-5-7-14)24-25-21(26)29-13-18(27)23-20-15(12-22)8-10-28-20/h2-8,10,16-17H,1,9,11,13H2,(H,23,27). The van der Waals surface area contributed by atoms with Crippen molar-refractivity contribution in [2.45, 2.75) is 30.0 Å². The predicted molar refractivity (Wildman–Crippen MR) is 115 cm³/mol. The van der Waals surface area contributed by atoms with Crippen molar-refractivity contribution in [3.63, 3.8) is 0 Å². The first-order chi connectivity index (χ1) is 14.2. The minimum absolute atomic E-state index is 0.169. The number of rotatable bonds is 8. The van der Waals surface area contributed by atoms with Gasteiger partial charge in [0.25, 0.3) is 0 Å². The van der Waals surface area contributed by atoms with Gasteiger partial charge in [-0.2, -0.15) is 5.26 Å². The number of aromatic nitrogens is 3. The van der Waals surface area contributed by atoms with Crippen molar-refractivity contribution in [2.24, 2.45) is 0 Å². The zero-order valence-electron chi connectivity index (χ0n) is 15.6. The number of amides is 1. The summed E-state index contributed by atoms with van der Waals surface area (Å²) in [5, 5.41) is 23.7. The summed E-state index contributed by atoms with van der Waals surface area (Å²) in [6.07, 6.45) is 2.88. The molecule has 0 aliphatic heterocycles. The maximum absolute atomic E-state index is 12.3. The molecule has 4 rings (SSSR count). The van der Waals surface area contributed by atoms with E-state index in [-0.39, 0.29) is 11.7 Å². The van der Waals surface area contributed by atoms with Crippen LogP contribution in [0, 0.1) is 11.3 Å². The molecule has 0 bridgehead atoms. The number of nitriles is 1. The van der Waals surface area contributed by atoms with Crippen LogP contribution < -0.4 is 5.32 Å². The first-order valence-electron chi connectivity index (χ1n) is 9.20. The zero-order valence-corrected chi connectivity index (χ0v) is 17.2. The number of nitrogens with zero attached hydrogens (tertiary/aromatic N) is 4. The molecule has 1 N–H and O–H groups in total. The van der Waals surface area contributed by atoms with Crippen LogP contribution in [0.15, 0.2) is 59.6 Å². The SMILES string of the molecule is C=CCn1c(SCC(=O)Nc2sccc2C#N)nnc1C1CC1c1ccccc1. The second-order valence-corrected chi connectivity index (χ2v) is 8.57. The number of allylic oxidation sites excluding steroid dienone is 1. The van der Waals surface area contributed by atoms with E-state index >= 15 is 0 Å². The van der Waals surface area contributed by atoms with Gasteiger partial charge in [-0.05, 0) is 29.3 Å². The molecular formula is C21H19N5OS2. The molecule has 1 amide bonds. The molecule has 146 valence electrons. The third-order valence-corrected chi connectivity index (χ3v) is 6.57. The summed E-state index contributed by atoms with van der Waals surface area (Å²) in [4.78, 5) is 12.3. The lowest BCUT2D eigenvalue weighted by Crippen LogP contribution is -2.14. The molecule has 6 nitrogen and oxygen atoms in total. The third kappa shape index (κ3) is 4.26. The molecular weight excluding hydrogens is 402 g/mol. The second-order valence-electron chi connectivity index (χ2n) is 6.71. The van der Waals surface area contributed by atoms with Crippen LogP contribution in [0.2, 0.25) is 0 Å². The maximum Gasteiger partial charge on any atom is 0.235 e. The Bertz CT molecular complexity index is 1070. The van der Waals surface area contributed by atoms with E-state index in [9.17, 15) is 4.79 Å². The van der Waals surface area contributed by atoms with Gasteiger partial charge in [0.15, 0.2) is 5.16 Å². The Morgan fingerprint density at radius 3 is 2.93 bits per heavy atom. The smallest absolute Gasteiger partial charge is 0.235 e. The molecule has 1 fully saturated rings. The number of carbonyl (C=O) groups is 1. The van der Waals surface area contributed by atoms with Crippen LogP contribution in [0.1, 0.15) is 35.2 Å². The number of thiophene rings is 1. The highest BCUT2D eigenvalue weighted by Gasteiger charge is 2.43. The number of hydrogen-bond donors (Lipinski definition) is 1. The van der Waals surface area contributed by atoms with E-state index in [1.54, 1.807) is 11.4 Å². The van der Waals surface area contributed by atoms with E-state index in [2.05, 4.69) is 52.4 Å². The molecule has 8 heteroatoms. The van der Waals surface area contributed by atoms with E-state index < -0.39 is 0 Å². The molecule has 1 aliphatic carbocycles. The number of benzene rings is 1. The van der Waals surface area contributed by atoms with Crippen LogP contribution in [0.4, 0.5) is 5.00 Å². The molecule has 3 aromatic rings. The predicted octanol–water partition coefficient (Wildman–Crippen LogP) is 4.40. The van der Waals surface area contributed by atoms with Crippen molar-refractivity contribution in [1.29, 1.82) is 5.26 Å². The fourth-order valence-corrected chi connectivity index (χ4v) is 4.83. The largest absolute Gasteiger partial charge is 0.316 e. The van der Waals surface area contributed by atoms with Gasteiger partial charge in [-0.15, -0.1) is 28.1 Å². The molecule has 2 atom stereocenters. The Hall–Kier alpha value is -2.89. The van der Waals surface area contributed by atoms with Crippen LogP contribution in [0.3, 0.4) is 0 Å². The summed E-state index contributed by atoms with van der Waals surface area (Å²) in [5.41, 5.74) is 1.80. The number of anilines is 1. The Morgan fingerprint density at radius 2 is 2.17 bits per heavy atom. The van der Waals surface area contributed by atoms with Gasteiger partial charge >= 0.3 is 0 Å². The molecule has 1 aliphatic rings. The van der Waals surface area contributed by atoms with Crippen LogP contribution in [0.5, 0.6) is 0 Å². The topological polar surface area (TPSA) is 83.6 Å². The summed E-state index contributed by atoms with van der Waals surface area (Å²) < 4.78 is 2.05. The van der Waals surface area contributed by atoms with Crippen LogP contribution in [-0.4, -0.2) is 26.4 Å². The Balaban J connectivity index is 1.43. The van der Waals surface area contributed by atoms with E-state index in [1.807, 2.05) is 16.7 Å². The summed E-state index contributed by atoms with van der Waals surface area (Å²) >= 11 is 2.68. The lowest BCUT2D eigenvalue weighted by Gasteiger charge is -2.08. The van der Waals surface area contributed by atoms with Gasteiger partial charge in [-0.3, -0.25) is 4.79 Å². The second kappa shape index (κ2) is 8.64. The maximum atomic E-state index is 12.3. The third-order valence-electron chi connectivity index (χ3n) is 4.78. The molecule has 2 unspecified atom stereocenters. The normalized spacial score (nSPS) is 17.5. The monoisotopic (exact) mass is 421 g/mol. The Kier molecular flexibility index (Phi) is 5.79. The van der Waals surface area contributed by atoms with Crippen molar-refractivity contribution < 1.29 is 4.79 Å². The van der Waals surface area contributed by atoms with Crippen molar-refractivity contribution in [3.8, 4) is 6.07 Å². The highest BCUT2D eigenvalue weighted by molar-refractivity contribution is 7.99. The summed E-state index contributed by atoms with van der Waals surface area (Å²) in [6.45, 7) is 4.45. The van der Waals surface area contributed by atoms with E-state index in [0.29, 0.717) is 34.1 Å². The summed E-state index contributed by atoms with van der Waals surface area (Å²) in [7, 11) is 0. The molecule has 2 heterocycles. The first kappa shape index (κ1) is 19.4. The van der Waals surface area contributed by atoms with Gasteiger partial charge in [0.1, 0.15) is 16.9 Å². The van der Waals surface area contributed by atoms with Crippen molar-refractivity contribution in [3.05, 3.63) is 71.4 Å². The average Bonchev–Trinajstić information content (AvgIpc) is 3.24. The van der Waals surface area contributed by atoms with Gasteiger partial charge in [0, 0.05) is 12.5 Å². The lowest BCUT2D eigenvalue weighted by molar-refractivity contribution is -0.113. The van der Waals surface area contributed by atoms with E-state index in [4.69, 9.17) is 5.26 Å². The minimum Gasteiger partial charge on any atom is -0.316 e. The summed E-state index contributed by atoms with van der Waals surface area (Å²) in [6, 6.07) is 14.2. The van der Waals surface area contributed by atoms with Crippen molar-refractivity contribution in [1.82, 2.24) is 14.8 Å². The molecule has 0 saturated heterocycles. The number of thioether (sulfide) groups is 1. The fraction of sp³-hybridized carbons (Fsp3) is 0.238. The van der Waals surface area contributed by atoms with Gasteiger partial charge in [0.05, 0.1) is 11.3 Å². The van der Waals surface area contributed by atoms with Crippen molar-refractivity contribution in [2.75, 3.05) is 11.1 Å². The molecule has 0 spiro atoms. The molecule has 2 aromatic heterocycles. The molecule has 29 heavy (non-hydrogen) atoms. The van der Waals surface area contributed by atoms with Gasteiger partial charge < -0.3 is 9.88 Å². The quantitative estimate of drug-likeness (QED) is 0.430. The van der Waals surface area contributed by atoms with Crippen molar-refractivity contribution >= 4 is 34.0 Å². The Labute approximate surface area is 177 Å². The zero-order chi connectivity index (χ0) is 20.2. The fourth-order valence-electron chi connectivity index (χ4n) is 3.32. The minimum atomic E-state index is -0.169. The molecule has 1 aromatic carbocycles. The van der Waals surface area contributed by atoms with Crippen LogP contribution in [0.25, 0.3) is 0 Å². The van der Waals surface area contributed by atoms with E-state index in [0.717, 1.165) is 12.2 Å². The van der Waals surface area contributed by atoms with Crippen LogP contribution in [-0.2, 0) is 11.3 Å². The van der Waals surface area contributed by atoms with Crippen LogP contribution >= 0.6 is 23.1 Å². The number of hydrogen-bond acceptors (Lipinski definition) is 6. The molecule has 0 radical (unpaired) electrons. The first-order valence-corrected chi connectivity index (χ1v) is 11.1. The van der Waals surface area contributed by atoms with Gasteiger partial charge in [-0.1, -0.05) is 48.2 Å². The molecule has 1 saturated carbocycles. The van der Waals surface area contributed by atoms with Gasteiger partial charge in [0.2, 0.25) is 5.91 Å².